The molecule has 1 aromatic carbocycles. The lowest BCUT2D eigenvalue weighted by Crippen LogP contribution is -2.40. The predicted molar refractivity (Wildman–Crippen MR) is 89.4 cm³/mol. The summed E-state index contributed by atoms with van der Waals surface area (Å²) in [4.78, 5) is 15.1. The molecule has 118 valence electrons. The van der Waals surface area contributed by atoms with E-state index in [1.54, 1.807) is 0 Å². The summed E-state index contributed by atoms with van der Waals surface area (Å²) in [6.45, 7) is 4.20. The number of anilines is 1. The molecule has 1 heterocycles. The highest BCUT2D eigenvalue weighted by molar-refractivity contribution is 5.96. The fourth-order valence-electron chi connectivity index (χ4n) is 4.49. The number of hydrogen-bond donors (Lipinski definition) is 1. The average molecular weight is 298 g/mol. The molecule has 0 spiro atoms. The van der Waals surface area contributed by atoms with Gasteiger partial charge in [-0.15, -0.1) is 0 Å². The molecule has 4 rings (SSSR count). The van der Waals surface area contributed by atoms with Crippen LogP contribution in [0.4, 0.5) is 5.69 Å². The number of fused-ring (bicyclic) bond motifs is 2. The van der Waals surface area contributed by atoms with Gasteiger partial charge in [-0.3, -0.25) is 9.69 Å². The molecule has 1 N–H and O–H groups in total. The van der Waals surface area contributed by atoms with Gasteiger partial charge in [-0.1, -0.05) is 6.07 Å². The van der Waals surface area contributed by atoms with Gasteiger partial charge in [-0.05, 0) is 93.6 Å². The van der Waals surface area contributed by atoms with Gasteiger partial charge in [0.15, 0.2) is 0 Å². The fourth-order valence-corrected chi connectivity index (χ4v) is 4.49. The minimum absolute atomic E-state index is 0.00295. The molecular weight excluding hydrogens is 272 g/mol. The van der Waals surface area contributed by atoms with Crippen molar-refractivity contribution in [3.05, 3.63) is 28.3 Å². The Hall–Kier alpha value is -1.35. The highest BCUT2D eigenvalue weighted by Crippen LogP contribution is 2.38. The van der Waals surface area contributed by atoms with Crippen LogP contribution in [0.5, 0.6) is 0 Å². The minimum Gasteiger partial charge on any atom is -0.324 e. The smallest absolute Gasteiger partial charge is 0.241 e. The fraction of sp³-hybridized carbons (Fsp3) is 0.632. The van der Waals surface area contributed by atoms with Crippen molar-refractivity contribution in [1.82, 2.24) is 4.90 Å². The summed E-state index contributed by atoms with van der Waals surface area (Å²) in [6, 6.07) is 2.42. The molecule has 3 heteroatoms. The van der Waals surface area contributed by atoms with E-state index in [9.17, 15) is 4.79 Å². The Labute approximate surface area is 133 Å². The number of aryl methyl sites for hydroxylation is 2. The van der Waals surface area contributed by atoms with Crippen molar-refractivity contribution in [2.24, 2.45) is 0 Å². The summed E-state index contributed by atoms with van der Waals surface area (Å²) in [5.41, 5.74) is 7.04. The van der Waals surface area contributed by atoms with Crippen molar-refractivity contribution in [2.75, 3.05) is 18.4 Å². The molecule has 0 unspecified atom stereocenters. The van der Waals surface area contributed by atoms with E-state index in [1.165, 1.54) is 66.5 Å². The third-order valence-electron chi connectivity index (χ3n) is 5.79. The Kier molecular flexibility index (Phi) is 3.69. The third kappa shape index (κ3) is 2.36. The summed E-state index contributed by atoms with van der Waals surface area (Å²) in [5, 5.41) is 3.34. The van der Waals surface area contributed by atoms with E-state index < -0.39 is 0 Å². The van der Waals surface area contributed by atoms with Crippen molar-refractivity contribution in [3.8, 4) is 0 Å². The number of hydrogen-bond acceptors (Lipinski definition) is 2. The first-order valence-corrected chi connectivity index (χ1v) is 8.95. The third-order valence-corrected chi connectivity index (χ3v) is 5.79. The molecule has 0 bridgehead atoms. The lowest BCUT2D eigenvalue weighted by Gasteiger charge is -2.24. The van der Waals surface area contributed by atoms with Crippen LogP contribution in [-0.2, 0) is 30.5 Å². The Bertz CT molecular complexity index is 570. The maximum Gasteiger partial charge on any atom is 0.241 e. The Morgan fingerprint density at radius 3 is 2.18 bits per heavy atom. The number of benzene rings is 1. The largest absolute Gasteiger partial charge is 0.324 e. The molecule has 1 aliphatic heterocycles. The average Bonchev–Trinajstić information content (AvgIpc) is 3.26. The van der Waals surface area contributed by atoms with Crippen molar-refractivity contribution in [3.63, 3.8) is 0 Å². The molecule has 0 aromatic heterocycles. The molecule has 3 aliphatic rings. The summed E-state index contributed by atoms with van der Waals surface area (Å²) < 4.78 is 0. The number of rotatable bonds is 3. The van der Waals surface area contributed by atoms with Gasteiger partial charge < -0.3 is 5.32 Å². The van der Waals surface area contributed by atoms with Gasteiger partial charge in [0, 0.05) is 5.69 Å². The highest BCUT2D eigenvalue weighted by Gasteiger charge is 2.28. The topological polar surface area (TPSA) is 32.3 Å². The van der Waals surface area contributed by atoms with Gasteiger partial charge in [0.25, 0.3) is 0 Å². The van der Waals surface area contributed by atoms with Crippen LogP contribution in [-0.4, -0.2) is 29.9 Å². The first-order chi connectivity index (χ1) is 10.7. The molecule has 1 fully saturated rings. The van der Waals surface area contributed by atoms with Gasteiger partial charge in [0.2, 0.25) is 5.91 Å². The van der Waals surface area contributed by atoms with Crippen LogP contribution >= 0.6 is 0 Å². The highest BCUT2D eigenvalue weighted by atomic mass is 16.2. The molecule has 2 aliphatic carbocycles. The van der Waals surface area contributed by atoms with Crippen LogP contribution in [0.3, 0.4) is 0 Å². The maximum atomic E-state index is 12.7. The van der Waals surface area contributed by atoms with Gasteiger partial charge in [0.1, 0.15) is 0 Å². The van der Waals surface area contributed by atoms with E-state index >= 15 is 0 Å². The van der Waals surface area contributed by atoms with E-state index in [2.05, 4.69) is 23.2 Å². The molecule has 0 radical (unpaired) electrons. The Morgan fingerprint density at radius 1 is 1.00 bits per heavy atom. The number of amides is 1. The number of carbonyl (C=O) groups excluding carboxylic acids is 1. The van der Waals surface area contributed by atoms with Gasteiger partial charge in [0.05, 0.1) is 6.04 Å². The molecule has 22 heavy (non-hydrogen) atoms. The van der Waals surface area contributed by atoms with Crippen molar-refractivity contribution in [2.45, 2.75) is 64.3 Å². The number of nitrogens with zero attached hydrogens (tertiary/aromatic N) is 1. The van der Waals surface area contributed by atoms with Crippen LogP contribution in [0.1, 0.15) is 54.9 Å². The molecule has 3 nitrogen and oxygen atoms in total. The molecule has 1 saturated heterocycles. The van der Waals surface area contributed by atoms with E-state index in [4.69, 9.17) is 0 Å². The van der Waals surface area contributed by atoms with Crippen LogP contribution in [0.15, 0.2) is 6.07 Å². The summed E-state index contributed by atoms with van der Waals surface area (Å²) in [7, 11) is 0. The van der Waals surface area contributed by atoms with Gasteiger partial charge >= 0.3 is 0 Å². The van der Waals surface area contributed by atoms with E-state index in [1.807, 2.05) is 0 Å². The lowest BCUT2D eigenvalue weighted by atomic mass is 9.98. The van der Waals surface area contributed by atoms with Crippen LogP contribution in [0.2, 0.25) is 0 Å². The Balaban J connectivity index is 1.61. The first kappa shape index (κ1) is 14.3. The number of nitrogens with one attached hydrogen (secondary N) is 1. The van der Waals surface area contributed by atoms with Crippen molar-refractivity contribution >= 4 is 11.6 Å². The maximum absolute atomic E-state index is 12.7. The van der Waals surface area contributed by atoms with Crippen molar-refractivity contribution in [1.29, 1.82) is 0 Å². The van der Waals surface area contributed by atoms with E-state index in [0.717, 1.165) is 25.9 Å². The zero-order chi connectivity index (χ0) is 15.1. The van der Waals surface area contributed by atoms with E-state index in [-0.39, 0.29) is 11.9 Å². The van der Waals surface area contributed by atoms with Gasteiger partial charge in [-0.25, -0.2) is 0 Å². The number of carbonyl (C=O) groups is 1. The monoisotopic (exact) mass is 298 g/mol. The molecular formula is C19H26N2O. The molecule has 1 atom stereocenters. The minimum atomic E-state index is -0.00295. The second kappa shape index (κ2) is 5.69. The SMILES string of the molecule is C[C@@H](C(=O)Nc1c2c(cc3c1CCC3)CCC2)N1CCCC1. The quantitative estimate of drug-likeness (QED) is 0.930. The van der Waals surface area contributed by atoms with Crippen LogP contribution in [0.25, 0.3) is 0 Å². The predicted octanol–water partition coefficient (Wildman–Crippen LogP) is 3.09. The summed E-state index contributed by atoms with van der Waals surface area (Å²) in [6.07, 6.45) is 9.58. The Morgan fingerprint density at radius 2 is 1.59 bits per heavy atom. The molecule has 1 amide bonds. The molecule has 0 saturated carbocycles. The van der Waals surface area contributed by atoms with Crippen LogP contribution < -0.4 is 5.32 Å². The second-order valence-corrected chi connectivity index (χ2v) is 7.14. The lowest BCUT2D eigenvalue weighted by molar-refractivity contribution is -0.120. The summed E-state index contributed by atoms with van der Waals surface area (Å²) in [5.74, 6) is 0.191. The normalized spacial score (nSPS) is 21.7. The second-order valence-electron chi connectivity index (χ2n) is 7.14. The zero-order valence-electron chi connectivity index (χ0n) is 13.6. The van der Waals surface area contributed by atoms with Crippen molar-refractivity contribution < 1.29 is 4.79 Å². The van der Waals surface area contributed by atoms with E-state index in [0.29, 0.717) is 0 Å². The first-order valence-electron chi connectivity index (χ1n) is 8.95. The molecule has 1 aromatic rings. The van der Waals surface area contributed by atoms with Crippen LogP contribution in [0, 0.1) is 0 Å². The zero-order valence-corrected chi connectivity index (χ0v) is 13.6. The standard InChI is InChI=1S/C19H26N2O/c1-13(21-10-2-3-11-21)19(22)20-18-16-8-4-6-14(16)12-15-7-5-9-17(15)18/h12-13H,2-11H2,1H3,(H,20,22)/t13-/m0/s1. The summed E-state index contributed by atoms with van der Waals surface area (Å²) >= 11 is 0. The van der Waals surface area contributed by atoms with Gasteiger partial charge in [-0.2, -0.15) is 0 Å². The number of likely N-dealkylation sites (tertiary alicyclic amines) is 1.